The molecule has 0 N–H and O–H groups in total. The van der Waals surface area contributed by atoms with Gasteiger partial charge in [-0.25, -0.2) is 0 Å². The Kier molecular flexibility index (Phi) is 3.91. The van der Waals surface area contributed by atoms with Gasteiger partial charge in [0.25, 0.3) is 0 Å². The zero-order valence-corrected chi connectivity index (χ0v) is 7.72. The predicted octanol–water partition coefficient (Wildman–Crippen LogP) is 2.37. The molecular weight excluding hydrogens is 168 g/mol. The van der Waals surface area contributed by atoms with Crippen LogP contribution in [-0.4, -0.2) is 10.3 Å². The average molecular weight is 180 g/mol. The molecule has 1 atom stereocenters. The van der Waals surface area contributed by atoms with Gasteiger partial charge >= 0.3 is 0 Å². The summed E-state index contributed by atoms with van der Waals surface area (Å²) in [4.78, 5) is 0.902. The average Bonchev–Trinajstić information content (AvgIpc) is 2.15. The Bertz CT molecular complexity index is 233. The Morgan fingerprint density at radius 1 is 1.33 bits per heavy atom. The van der Waals surface area contributed by atoms with Crippen molar-refractivity contribution in [3.05, 3.63) is 43.0 Å². The molecule has 0 saturated heterocycles. The molecule has 1 unspecified atom stereocenters. The first kappa shape index (κ1) is 9.36. The summed E-state index contributed by atoms with van der Waals surface area (Å²) >= 11 is -0.855. The second-order valence-electron chi connectivity index (χ2n) is 2.44. The monoisotopic (exact) mass is 180 g/mol. The zero-order valence-electron chi connectivity index (χ0n) is 6.90. The van der Waals surface area contributed by atoms with Crippen LogP contribution in [0.4, 0.5) is 0 Å². The van der Waals surface area contributed by atoms with Crippen molar-refractivity contribution in [3.8, 4) is 0 Å². The van der Waals surface area contributed by atoms with Gasteiger partial charge in [0.2, 0.25) is 0 Å². The molecule has 1 rings (SSSR count). The van der Waals surface area contributed by atoms with Crippen LogP contribution in [0, 0.1) is 0 Å². The lowest BCUT2D eigenvalue weighted by Crippen LogP contribution is -2.05. The minimum absolute atomic E-state index is 0.674. The number of allylic oxidation sites excluding steroid dienone is 1. The van der Waals surface area contributed by atoms with Gasteiger partial charge in [0.1, 0.15) is 5.75 Å². The molecule has 0 fully saturated rings. The van der Waals surface area contributed by atoms with Crippen molar-refractivity contribution in [2.45, 2.75) is 11.3 Å². The normalized spacial score (nSPS) is 12.4. The Morgan fingerprint density at radius 2 is 2.00 bits per heavy atom. The van der Waals surface area contributed by atoms with E-state index in [1.165, 1.54) is 0 Å². The summed E-state index contributed by atoms with van der Waals surface area (Å²) in [5.74, 6) is 0.674. The molecule has 64 valence electrons. The molecule has 0 amide bonds. The first-order valence-corrected chi connectivity index (χ1v) is 5.21. The SMILES string of the molecule is C=CCC[S+]([O-])c1ccccc1. The lowest BCUT2D eigenvalue weighted by molar-refractivity contribution is 0.594. The van der Waals surface area contributed by atoms with E-state index in [1.54, 1.807) is 6.08 Å². The highest BCUT2D eigenvalue weighted by Crippen LogP contribution is 2.10. The third-order valence-electron chi connectivity index (χ3n) is 1.51. The van der Waals surface area contributed by atoms with Crippen LogP contribution in [0.1, 0.15) is 6.42 Å². The van der Waals surface area contributed by atoms with Crippen LogP contribution >= 0.6 is 0 Å². The molecule has 1 aromatic carbocycles. The van der Waals surface area contributed by atoms with E-state index in [-0.39, 0.29) is 0 Å². The second kappa shape index (κ2) is 5.01. The van der Waals surface area contributed by atoms with Gasteiger partial charge in [-0.1, -0.05) is 24.3 Å². The van der Waals surface area contributed by atoms with E-state index in [0.29, 0.717) is 5.75 Å². The highest BCUT2D eigenvalue weighted by Gasteiger charge is 2.06. The number of rotatable bonds is 4. The van der Waals surface area contributed by atoms with Crippen LogP contribution in [0.2, 0.25) is 0 Å². The number of hydrogen-bond acceptors (Lipinski definition) is 1. The van der Waals surface area contributed by atoms with E-state index in [0.717, 1.165) is 11.3 Å². The summed E-state index contributed by atoms with van der Waals surface area (Å²) in [5, 5.41) is 0. The smallest absolute Gasteiger partial charge is 0.152 e. The molecular formula is C10H12OS. The largest absolute Gasteiger partial charge is 0.611 e. The number of hydrogen-bond donors (Lipinski definition) is 0. The molecule has 12 heavy (non-hydrogen) atoms. The molecule has 0 spiro atoms. The van der Waals surface area contributed by atoms with Crippen molar-refractivity contribution in [1.29, 1.82) is 0 Å². The Balaban J connectivity index is 2.53. The van der Waals surface area contributed by atoms with Crippen LogP contribution < -0.4 is 0 Å². The van der Waals surface area contributed by atoms with Gasteiger partial charge in [-0.3, -0.25) is 0 Å². The molecule has 0 saturated carbocycles. The van der Waals surface area contributed by atoms with Gasteiger partial charge in [0, 0.05) is 6.42 Å². The summed E-state index contributed by atoms with van der Waals surface area (Å²) < 4.78 is 11.5. The Morgan fingerprint density at radius 3 is 2.58 bits per heavy atom. The number of benzene rings is 1. The van der Waals surface area contributed by atoms with E-state index in [1.807, 2.05) is 30.3 Å². The molecule has 0 aliphatic rings. The third kappa shape index (κ3) is 2.72. The van der Waals surface area contributed by atoms with E-state index in [4.69, 9.17) is 0 Å². The molecule has 0 aromatic heterocycles. The highest BCUT2D eigenvalue weighted by atomic mass is 32.2. The van der Waals surface area contributed by atoms with Crippen LogP contribution in [0.3, 0.4) is 0 Å². The fourth-order valence-electron chi connectivity index (χ4n) is 0.880. The van der Waals surface area contributed by atoms with Gasteiger partial charge in [-0.05, 0) is 23.3 Å². The van der Waals surface area contributed by atoms with Gasteiger partial charge in [0.15, 0.2) is 4.90 Å². The fourth-order valence-corrected chi connectivity index (χ4v) is 1.96. The van der Waals surface area contributed by atoms with Crippen LogP contribution in [-0.2, 0) is 11.2 Å². The first-order valence-electron chi connectivity index (χ1n) is 3.89. The standard InChI is InChI=1S/C10H12OS/c1-2-3-9-12(11)10-7-5-4-6-8-10/h2,4-8H,1,3,9H2. The van der Waals surface area contributed by atoms with E-state index < -0.39 is 11.2 Å². The third-order valence-corrected chi connectivity index (χ3v) is 2.92. The predicted molar refractivity (Wildman–Crippen MR) is 52.5 cm³/mol. The zero-order chi connectivity index (χ0) is 8.81. The maximum atomic E-state index is 11.5. The lowest BCUT2D eigenvalue weighted by atomic mass is 10.4. The van der Waals surface area contributed by atoms with Gasteiger partial charge in [0.05, 0.1) is 0 Å². The quantitative estimate of drug-likeness (QED) is 0.515. The lowest BCUT2D eigenvalue weighted by Gasteiger charge is -2.07. The van der Waals surface area contributed by atoms with E-state index >= 15 is 0 Å². The second-order valence-corrected chi connectivity index (χ2v) is 4.01. The fraction of sp³-hybridized carbons (Fsp3) is 0.200. The maximum absolute atomic E-state index is 11.5. The summed E-state index contributed by atoms with van der Waals surface area (Å²) in [6.45, 7) is 3.59. The molecule has 1 nitrogen and oxygen atoms in total. The maximum Gasteiger partial charge on any atom is 0.152 e. The molecule has 0 heterocycles. The Labute approximate surface area is 76.3 Å². The topological polar surface area (TPSA) is 23.1 Å². The van der Waals surface area contributed by atoms with Crippen molar-refractivity contribution >= 4 is 11.2 Å². The summed E-state index contributed by atoms with van der Waals surface area (Å²) in [5.41, 5.74) is 0. The molecule has 1 aromatic rings. The van der Waals surface area contributed by atoms with E-state index in [2.05, 4.69) is 6.58 Å². The van der Waals surface area contributed by atoms with Crippen LogP contribution in [0.25, 0.3) is 0 Å². The highest BCUT2D eigenvalue weighted by molar-refractivity contribution is 7.91. The molecule has 2 heteroatoms. The van der Waals surface area contributed by atoms with Crippen molar-refractivity contribution in [3.63, 3.8) is 0 Å². The summed E-state index contributed by atoms with van der Waals surface area (Å²) in [7, 11) is 0. The first-order chi connectivity index (χ1) is 5.84. The van der Waals surface area contributed by atoms with Gasteiger partial charge in [-0.15, -0.1) is 6.58 Å². The van der Waals surface area contributed by atoms with Crippen molar-refractivity contribution in [2.24, 2.45) is 0 Å². The van der Waals surface area contributed by atoms with E-state index in [9.17, 15) is 4.55 Å². The molecule has 0 bridgehead atoms. The van der Waals surface area contributed by atoms with Crippen molar-refractivity contribution in [2.75, 3.05) is 5.75 Å². The minimum Gasteiger partial charge on any atom is -0.611 e. The molecule has 0 radical (unpaired) electrons. The summed E-state index contributed by atoms with van der Waals surface area (Å²) in [6, 6.07) is 9.51. The van der Waals surface area contributed by atoms with Crippen LogP contribution in [0.5, 0.6) is 0 Å². The Hall–Kier alpha value is -0.730. The summed E-state index contributed by atoms with van der Waals surface area (Å²) in [6.07, 6.45) is 2.60. The van der Waals surface area contributed by atoms with Crippen molar-refractivity contribution in [1.82, 2.24) is 0 Å². The van der Waals surface area contributed by atoms with Crippen LogP contribution in [0.15, 0.2) is 47.9 Å². The molecule has 0 aliphatic carbocycles. The van der Waals surface area contributed by atoms with Crippen molar-refractivity contribution < 1.29 is 4.55 Å². The molecule has 0 aliphatic heterocycles. The minimum atomic E-state index is -0.855. The van der Waals surface area contributed by atoms with Gasteiger partial charge in [-0.2, -0.15) is 0 Å². The van der Waals surface area contributed by atoms with Gasteiger partial charge < -0.3 is 4.55 Å².